The van der Waals surface area contributed by atoms with Crippen LogP contribution in [0.1, 0.15) is 66.3 Å². The van der Waals surface area contributed by atoms with Crippen molar-refractivity contribution < 1.29 is 14.4 Å². The van der Waals surface area contributed by atoms with Crippen molar-refractivity contribution in [1.29, 1.82) is 0 Å². The van der Waals surface area contributed by atoms with Gasteiger partial charge in [-0.25, -0.2) is 0 Å². The number of H-pyrrole nitrogens is 1. The van der Waals surface area contributed by atoms with Gasteiger partial charge in [-0.05, 0) is 72.0 Å². The van der Waals surface area contributed by atoms with Gasteiger partial charge in [0.2, 0.25) is 11.8 Å². The average Bonchev–Trinajstić information content (AvgIpc) is 3.36. The number of nitrogens with one attached hydrogen (secondary N) is 2. The minimum atomic E-state index is -0.418. The quantitative estimate of drug-likeness (QED) is 0.260. The second-order valence-corrected chi connectivity index (χ2v) is 11.4. The summed E-state index contributed by atoms with van der Waals surface area (Å²) in [7, 11) is 0. The van der Waals surface area contributed by atoms with Gasteiger partial charge in [0.25, 0.3) is 5.91 Å². The average molecular weight is 565 g/mol. The van der Waals surface area contributed by atoms with Crippen LogP contribution in [0, 0.1) is 0 Å². The van der Waals surface area contributed by atoms with E-state index in [1.807, 2.05) is 42.5 Å². The number of likely N-dealkylation sites (tertiary alicyclic amines) is 1. The third kappa shape index (κ3) is 6.07. The Bertz CT molecular complexity index is 1620. The summed E-state index contributed by atoms with van der Waals surface area (Å²) >= 11 is 0. The maximum Gasteiger partial charge on any atom is 0.251 e. The molecule has 2 aliphatic heterocycles. The number of hydrogen-bond acceptors (Lipinski definition) is 5. The van der Waals surface area contributed by atoms with E-state index in [1.165, 1.54) is 11.3 Å². The molecule has 3 aromatic carbocycles. The highest BCUT2D eigenvalue weighted by Crippen LogP contribution is 2.29. The zero-order chi connectivity index (χ0) is 29.2. The van der Waals surface area contributed by atoms with Crippen molar-refractivity contribution in [2.24, 2.45) is 11.5 Å². The lowest BCUT2D eigenvalue weighted by atomic mass is 10.0. The van der Waals surface area contributed by atoms with Crippen LogP contribution < -0.4 is 16.8 Å². The first kappa shape index (κ1) is 27.7. The summed E-state index contributed by atoms with van der Waals surface area (Å²) in [5, 5.41) is 4.36. The molecular formula is C33H36N6O3. The molecule has 6 N–H and O–H groups in total. The number of aromatic nitrogens is 1. The number of rotatable bonds is 8. The molecule has 3 heterocycles. The number of nitrogens with zero attached hydrogens (tertiary/aromatic N) is 2. The number of piperidine rings is 1. The van der Waals surface area contributed by atoms with Gasteiger partial charge < -0.3 is 21.8 Å². The largest absolute Gasteiger partial charge is 0.366 e. The predicted octanol–water partition coefficient (Wildman–Crippen LogP) is 3.32. The zero-order valence-electron chi connectivity index (χ0n) is 23.6. The Kier molecular flexibility index (Phi) is 7.78. The van der Waals surface area contributed by atoms with Crippen LogP contribution in [-0.2, 0) is 26.1 Å². The van der Waals surface area contributed by atoms with E-state index in [-0.39, 0.29) is 11.9 Å². The van der Waals surface area contributed by atoms with Crippen LogP contribution >= 0.6 is 0 Å². The molecule has 0 radical (unpaired) electrons. The van der Waals surface area contributed by atoms with Gasteiger partial charge in [-0.15, -0.1) is 0 Å². The molecule has 42 heavy (non-hydrogen) atoms. The molecule has 0 bridgehead atoms. The third-order valence-corrected chi connectivity index (χ3v) is 8.53. The fourth-order valence-corrected chi connectivity index (χ4v) is 6.12. The van der Waals surface area contributed by atoms with Gasteiger partial charge in [0.1, 0.15) is 0 Å². The second-order valence-electron chi connectivity index (χ2n) is 11.4. The van der Waals surface area contributed by atoms with Crippen molar-refractivity contribution in [2.45, 2.75) is 44.9 Å². The monoisotopic (exact) mass is 564 g/mol. The minimum Gasteiger partial charge on any atom is -0.366 e. The standard InChI is InChI=1S/C33H36N6O3/c34-31(40)23-5-1-21(2-6-23)18-38-14-11-26(12-15-38)36-33(42)25-9-10-29-27(17-25)28-20-39(16-13-30(28)37-29)19-22-3-7-24(8-4-22)32(35)41/h1-10,17,26,37H,11-16,18-20H2,(H2,34,40)(H2,35,41)(H,36,42). The molecular weight excluding hydrogens is 528 g/mol. The van der Waals surface area contributed by atoms with E-state index in [1.54, 1.807) is 24.3 Å². The minimum absolute atomic E-state index is 0.0328. The number of primary amides is 2. The number of amides is 3. The summed E-state index contributed by atoms with van der Waals surface area (Å²) < 4.78 is 0. The van der Waals surface area contributed by atoms with Crippen LogP contribution in [0.3, 0.4) is 0 Å². The van der Waals surface area contributed by atoms with Crippen molar-refractivity contribution >= 4 is 28.6 Å². The Labute approximate surface area is 244 Å². The maximum absolute atomic E-state index is 13.3. The van der Waals surface area contributed by atoms with E-state index in [9.17, 15) is 14.4 Å². The number of carbonyl (C=O) groups excluding carboxylic acids is 3. The Hall–Kier alpha value is -4.47. The number of hydrogen-bond donors (Lipinski definition) is 4. The van der Waals surface area contributed by atoms with Crippen LogP contribution in [0.15, 0.2) is 66.7 Å². The van der Waals surface area contributed by atoms with Crippen LogP contribution in [0.25, 0.3) is 10.9 Å². The van der Waals surface area contributed by atoms with Gasteiger partial charge >= 0.3 is 0 Å². The summed E-state index contributed by atoms with van der Waals surface area (Å²) in [6, 6.07) is 21.0. The molecule has 1 saturated heterocycles. The summed E-state index contributed by atoms with van der Waals surface area (Å²) in [4.78, 5) is 44.3. The first-order chi connectivity index (χ1) is 20.3. The number of benzene rings is 3. The smallest absolute Gasteiger partial charge is 0.251 e. The van der Waals surface area contributed by atoms with Crippen LogP contribution in [-0.4, -0.2) is 58.2 Å². The Morgan fingerprint density at radius 3 is 1.93 bits per heavy atom. The molecule has 1 fully saturated rings. The fourth-order valence-electron chi connectivity index (χ4n) is 6.12. The summed E-state index contributed by atoms with van der Waals surface area (Å²) in [6.07, 6.45) is 2.70. The lowest BCUT2D eigenvalue weighted by Crippen LogP contribution is -2.44. The molecule has 3 amide bonds. The molecule has 216 valence electrons. The topological polar surface area (TPSA) is 138 Å². The van der Waals surface area contributed by atoms with Crippen LogP contribution in [0.4, 0.5) is 0 Å². The van der Waals surface area contributed by atoms with E-state index in [0.717, 1.165) is 80.6 Å². The maximum atomic E-state index is 13.3. The summed E-state index contributed by atoms with van der Waals surface area (Å²) in [5.74, 6) is -0.866. The molecule has 9 heteroatoms. The Morgan fingerprint density at radius 2 is 1.33 bits per heavy atom. The van der Waals surface area contributed by atoms with Gasteiger partial charge in [-0.2, -0.15) is 0 Å². The molecule has 0 saturated carbocycles. The molecule has 0 spiro atoms. The highest BCUT2D eigenvalue weighted by atomic mass is 16.2. The van der Waals surface area contributed by atoms with Gasteiger partial charge in [0, 0.05) is 85.0 Å². The van der Waals surface area contributed by atoms with Gasteiger partial charge in [0.05, 0.1) is 0 Å². The molecule has 9 nitrogen and oxygen atoms in total. The summed E-state index contributed by atoms with van der Waals surface area (Å²) in [5.41, 5.74) is 18.2. The zero-order valence-corrected chi connectivity index (χ0v) is 23.6. The number of fused-ring (bicyclic) bond motifs is 3. The highest BCUT2D eigenvalue weighted by Gasteiger charge is 2.24. The summed E-state index contributed by atoms with van der Waals surface area (Å²) in [6.45, 7) is 5.11. The third-order valence-electron chi connectivity index (χ3n) is 8.53. The SMILES string of the molecule is NC(=O)c1ccc(CN2CCC(NC(=O)c3ccc4[nH]c5c(c4c3)CN(Cc3ccc(C(N)=O)cc3)CC5)CC2)cc1. The van der Waals surface area contributed by atoms with Crippen LogP contribution in [0.5, 0.6) is 0 Å². The first-order valence-corrected chi connectivity index (χ1v) is 14.5. The highest BCUT2D eigenvalue weighted by molar-refractivity contribution is 5.99. The number of carbonyl (C=O) groups is 3. The van der Waals surface area contributed by atoms with Crippen molar-refractivity contribution in [3.8, 4) is 0 Å². The van der Waals surface area contributed by atoms with Crippen molar-refractivity contribution in [3.05, 3.63) is 106 Å². The van der Waals surface area contributed by atoms with Gasteiger partial charge in [-0.3, -0.25) is 24.2 Å². The van der Waals surface area contributed by atoms with Crippen LogP contribution in [0.2, 0.25) is 0 Å². The Balaban J connectivity index is 1.06. The van der Waals surface area contributed by atoms with Crippen molar-refractivity contribution in [1.82, 2.24) is 20.1 Å². The number of nitrogens with two attached hydrogens (primary N) is 2. The van der Waals surface area contributed by atoms with Gasteiger partial charge in [0.15, 0.2) is 0 Å². The first-order valence-electron chi connectivity index (χ1n) is 14.5. The molecule has 6 rings (SSSR count). The van der Waals surface area contributed by atoms with E-state index < -0.39 is 11.8 Å². The van der Waals surface area contributed by atoms with Crippen molar-refractivity contribution in [3.63, 3.8) is 0 Å². The second kappa shape index (κ2) is 11.8. The normalized spacial score (nSPS) is 16.3. The Morgan fingerprint density at radius 1 is 0.762 bits per heavy atom. The van der Waals surface area contributed by atoms with E-state index >= 15 is 0 Å². The van der Waals surface area contributed by atoms with E-state index in [2.05, 4.69) is 20.1 Å². The number of aromatic amines is 1. The fraction of sp³-hybridized carbons (Fsp3) is 0.303. The molecule has 0 aliphatic carbocycles. The lowest BCUT2D eigenvalue weighted by Gasteiger charge is -2.32. The van der Waals surface area contributed by atoms with Crippen molar-refractivity contribution in [2.75, 3.05) is 19.6 Å². The molecule has 2 aliphatic rings. The lowest BCUT2D eigenvalue weighted by molar-refractivity contribution is 0.0907. The molecule has 0 atom stereocenters. The van der Waals surface area contributed by atoms with E-state index in [4.69, 9.17) is 11.5 Å². The van der Waals surface area contributed by atoms with E-state index in [0.29, 0.717) is 16.7 Å². The predicted molar refractivity (Wildman–Crippen MR) is 162 cm³/mol. The molecule has 1 aromatic heterocycles. The van der Waals surface area contributed by atoms with Gasteiger partial charge in [-0.1, -0.05) is 24.3 Å². The molecule has 4 aromatic rings. The molecule has 0 unspecified atom stereocenters.